The lowest BCUT2D eigenvalue weighted by atomic mass is 9.86. The van der Waals surface area contributed by atoms with Crippen molar-refractivity contribution >= 4 is 0 Å². The molecule has 0 saturated heterocycles. The molecular weight excluding hydrogens is 292 g/mol. The standard InChI is InChI=1S/C19H32O4/c1-15(13-23-14-17-8-6-5-7-9-17)18(11-10-16(2)20)12-19(21-3)22-4/h5-9,15-16,18-20H,10-14H2,1-4H3/t15?,16?,18-/m1/s1. The maximum atomic E-state index is 9.56. The molecule has 2 unspecified atom stereocenters. The predicted molar refractivity (Wildman–Crippen MR) is 92.1 cm³/mol. The molecule has 132 valence electrons. The quantitative estimate of drug-likeness (QED) is 0.597. The van der Waals surface area contributed by atoms with Crippen LogP contribution in [0.5, 0.6) is 0 Å². The van der Waals surface area contributed by atoms with Crippen molar-refractivity contribution in [3.8, 4) is 0 Å². The Hall–Kier alpha value is -0.940. The van der Waals surface area contributed by atoms with Crippen LogP contribution in [-0.4, -0.2) is 38.3 Å². The van der Waals surface area contributed by atoms with Gasteiger partial charge in [0.1, 0.15) is 0 Å². The van der Waals surface area contributed by atoms with Crippen LogP contribution < -0.4 is 0 Å². The van der Waals surface area contributed by atoms with Crippen molar-refractivity contribution in [3.05, 3.63) is 35.9 Å². The Labute approximate surface area is 140 Å². The molecule has 0 aromatic heterocycles. The molecule has 0 radical (unpaired) electrons. The zero-order valence-corrected chi connectivity index (χ0v) is 14.9. The summed E-state index contributed by atoms with van der Waals surface area (Å²) in [5, 5.41) is 9.56. The van der Waals surface area contributed by atoms with Crippen molar-refractivity contribution in [2.24, 2.45) is 11.8 Å². The lowest BCUT2D eigenvalue weighted by Crippen LogP contribution is -2.25. The van der Waals surface area contributed by atoms with Gasteiger partial charge in [0.05, 0.1) is 12.7 Å². The number of aliphatic hydroxyl groups is 1. The Morgan fingerprint density at radius 2 is 1.65 bits per heavy atom. The zero-order chi connectivity index (χ0) is 17.1. The molecule has 0 aliphatic heterocycles. The molecule has 0 aliphatic rings. The average Bonchev–Trinajstić information content (AvgIpc) is 2.56. The van der Waals surface area contributed by atoms with Crippen molar-refractivity contribution in [1.82, 2.24) is 0 Å². The first-order valence-electron chi connectivity index (χ1n) is 8.42. The normalized spacial score (nSPS) is 15.6. The number of methoxy groups -OCH3 is 2. The van der Waals surface area contributed by atoms with Crippen LogP contribution in [0.3, 0.4) is 0 Å². The van der Waals surface area contributed by atoms with Crippen molar-refractivity contribution in [3.63, 3.8) is 0 Å². The molecule has 0 saturated carbocycles. The Morgan fingerprint density at radius 3 is 2.22 bits per heavy atom. The maximum Gasteiger partial charge on any atom is 0.157 e. The van der Waals surface area contributed by atoms with Gasteiger partial charge in [0.25, 0.3) is 0 Å². The minimum absolute atomic E-state index is 0.203. The van der Waals surface area contributed by atoms with Gasteiger partial charge in [0, 0.05) is 27.2 Å². The minimum Gasteiger partial charge on any atom is -0.393 e. The van der Waals surface area contributed by atoms with E-state index in [1.54, 1.807) is 14.2 Å². The number of hydrogen-bond acceptors (Lipinski definition) is 4. The van der Waals surface area contributed by atoms with Gasteiger partial charge in [-0.15, -0.1) is 0 Å². The van der Waals surface area contributed by atoms with E-state index in [-0.39, 0.29) is 12.4 Å². The van der Waals surface area contributed by atoms with Gasteiger partial charge in [0.2, 0.25) is 0 Å². The summed E-state index contributed by atoms with van der Waals surface area (Å²) in [6.07, 6.45) is 2.06. The van der Waals surface area contributed by atoms with E-state index in [1.165, 1.54) is 5.56 Å². The van der Waals surface area contributed by atoms with Gasteiger partial charge < -0.3 is 19.3 Å². The number of aliphatic hydroxyl groups excluding tert-OH is 1. The van der Waals surface area contributed by atoms with Gasteiger partial charge in [0.15, 0.2) is 6.29 Å². The third-order valence-electron chi connectivity index (χ3n) is 4.27. The Morgan fingerprint density at radius 1 is 1.00 bits per heavy atom. The molecule has 0 heterocycles. The molecule has 3 atom stereocenters. The first-order valence-corrected chi connectivity index (χ1v) is 8.42. The summed E-state index contributed by atoms with van der Waals surface area (Å²) in [6.45, 7) is 5.35. The van der Waals surface area contributed by atoms with Crippen LogP contribution in [0, 0.1) is 11.8 Å². The van der Waals surface area contributed by atoms with Gasteiger partial charge in [-0.1, -0.05) is 37.3 Å². The van der Waals surface area contributed by atoms with Crippen LogP contribution in [0.15, 0.2) is 30.3 Å². The monoisotopic (exact) mass is 324 g/mol. The maximum absolute atomic E-state index is 9.56. The van der Waals surface area contributed by atoms with E-state index < -0.39 is 0 Å². The molecule has 23 heavy (non-hydrogen) atoms. The first-order chi connectivity index (χ1) is 11.1. The summed E-state index contributed by atoms with van der Waals surface area (Å²) in [5.74, 6) is 0.774. The summed E-state index contributed by atoms with van der Waals surface area (Å²) < 4.78 is 16.5. The topological polar surface area (TPSA) is 47.9 Å². The average molecular weight is 324 g/mol. The summed E-state index contributed by atoms with van der Waals surface area (Å²) in [4.78, 5) is 0. The molecule has 0 fully saturated rings. The van der Waals surface area contributed by atoms with E-state index in [1.807, 2.05) is 25.1 Å². The molecular formula is C19H32O4. The van der Waals surface area contributed by atoms with E-state index >= 15 is 0 Å². The summed E-state index contributed by atoms with van der Waals surface area (Å²) in [6, 6.07) is 10.2. The highest BCUT2D eigenvalue weighted by Gasteiger charge is 2.22. The fraction of sp³-hybridized carbons (Fsp3) is 0.684. The van der Waals surface area contributed by atoms with Crippen LogP contribution in [-0.2, 0) is 20.8 Å². The van der Waals surface area contributed by atoms with E-state index in [2.05, 4.69) is 19.1 Å². The summed E-state index contributed by atoms with van der Waals surface area (Å²) in [7, 11) is 3.33. The summed E-state index contributed by atoms with van der Waals surface area (Å²) >= 11 is 0. The Kier molecular flexibility index (Phi) is 10.1. The lowest BCUT2D eigenvalue weighted by molar-refractivity contribution is -0.120. The van der Waals surface area contributed by atoms with Crippen molar-refractivity contribution in [2.45, 2.75) is 52.1 Å². The van der Waals surface area contributed by atoms with Crippen LogP contribution in [0.4, 0.5) is 0 Å². The molecule has 4 heteroatoms. The highest BCUT2D eigenvalue weighted by Crippen LogP contribution is 2.25. The second-order valence-corrected chi connectivity index (χ2v) is 6.30. The van der Waals surface area contributed by atoms with Gasteiger partial charge in [-0.25, -0.2) is 0 Å². The number of hydrogen-bond donors (Lipinski definition) is 1. The fourth-order valence-electron chi connectivity index (χ4n) is 2.70. The van der Waals surface area contributed by atoms with Crippen LogP contribution in [0.2, 0.25) is 0 Å². The molecule has 1 aromatic rings. The molecule has 0 bridgehead atoms. The van der Waals surface area contributed by atoms with Crippen LogP contribution in [0.25, 0.3) is 0 Å². The van der Waals surface area contributed by atoms with Gasteiger partial charge in [-0.3, -0.25) is 0 Å². The fourth-order valence-corrected chi connectivity index (χ4v) is 2.70. The van der Waals surface area contributed by atoms with Gasteiger partial charge >= 0.3 is 0 Å². The third kappa shape index (κ3) is 8.47. The molecule has 1 aromatic carbocycles. The number of ether oxygens (including phenoxy) is 3. The van der Waals surface area contributed by atoms with E-state index in [0.29, 0.717) is 25.0 Å². The van der Waals surface area contributed by atoms with Gasteiger partial charge in [-0.2, -0.15) is 0 Å². The minimum atomic E-state index is -0.279. The van der Waals surface area contributed by atoms with E-state index in [0.717, 1.165) is 19.3 Å². The lowest BCUT2D eigenvalue weighted by Gasteiger charge is -2.27. The number of benzene rings is 1. The van der Waals surface area contributed by atoms with Crippen molar-refractivity contribution in [1.29, 1.82) is 0 Å². The largest absolute Gasteiger partial charge is 0.393 e. The highest BCUT2D eigenvalue weighted by molar-refractivity contribution is 5.13. The molecule has 0 amide bonds. The molecule has 0 spiro atoms. The van der Waals surface area contributed by atoms with Crippen molar-refractivity contribution < 1.29 is 19.3 Å². The van der Waals surface area contributed by atoms with Crippen LogP contribution in [0.1, 0.15) is 38.7 Å². The smallest absolute Gasteiger partial charge is 0.157 e. The second-order valence-electron chi connectivity index (χ2n) is 6.30. The predicted octanol–water partition coefficient (Wildman–Crippen LogP) is 3.63. The molecule has 4 nitrogen and oxygen atoms in total. The Bertz CT molecular complexity index is 390. The second kappa shape index (κ2) is 11.6. The van der Waals surface area contributed by atoms with E-state index in [4.69, 9.17) is 14.2 Å². The van der Waals surface area contributed by atoms with Crippen LogP contribution >= 0.6 is 0 Å². The highest BCUT2D eigenvalue weighted by atomic mass is 16.7. The number of rotatable bonds is 12. The molecule has 0 aliphatic carbocycles. The zero-order valence-electron chi connectivity index (χ0n) is 14.9. The summed E-state index contributed by atoms with van der Waals surface area (Å²) in [5.41, 5.74) is 1.19. The first kappa shape index (κ1) is 20.1. The third-order valence-corrected chi connectivity index (χ3v) is 4.27. The van der Waals surface area contributed by atoms with E-state index in [9.17, 15) is 5.11 Å². The molecule has 1 N–H and O–H groups in total. The SMILES string of the molecule is COC(C[C@@H](CCC(C)O)C(C)COCc1ccccc1)OC. The van der Waals surface area contributed by atoms with Gasteiger partial charge in [-0.05, 0) is 37.2 Å². The molecule has 1 rings (SSSR count). The Balaban J connectivity index is 2.47. The van der Waals surface area contributed by atoms with Crippen molar-refractivity contribution in [2.75, 3.05) is 20.8 Å².